The molecule has 3 aromatic rings. The second-order valence-corrected chi connectivity index (χ2v) is 6.44. The predicted octanol–water partition coefficient (Wildman–Crippen LogP) is 2.23. The van der Waals surface area contributed by atoms with E-state index in [0.717, 1.165) is 42.3 Å². The van der Waals surface area contributed by atoms with Crippen molar-refractivity contribution in [3.05, 3.63) is 24.4 Å². The summed E-state index contributed by atoms with van der Waals surface area (Å²) in [5.41, 5.74) is 7.71. The summed E-state index contributed by atoms with van der Waals surface area (Å²) in [5, 5.41) is 8.66. The molecule has 2 aromatic heterocycles. The highest BCUT2D eigenvalue weighted by Crippen LogP contribution is 2.28. The van der Waals surface area contributed by atoms with Crippen LogP contribution in [0.15, 0.2) is 24.4 Å². The van der Waals surface area contributed by atoms with Gasteiger partial charge in [0.15, 0.2) is 12.1 Å². The van der Waals surface area contributed by atoms with Gasteiger partial charge in [0, 0.05) is 31.2 Å². The fraction of sp³-hybridized carbons (Fsp3) is 0.444. The third-order valence-electron chi connectivity index (χ3n) is 4.53. The van der Waals surface area contributed by atoms with Crippen molar-refractivity contribution in [2.45, 2.75) is 25.5 Å². The molecule has 0 bridgehead atoms. The smallest absolute Gasteiger partial charge is 0.228 e. The standard InChI is InChI=1S/C18H23N7O2/c1-26-9-7-20-18-23-16(22-17(19)24-18)12-5-6-13-11-21-25(14(13)10-12)15-4-2-3-8-27-15/h5-6,10-11,15H,2-4,7-9H2,1H3,(H3,19,20,22,23,24). The van der Waals surface area contributed by atoms with Crippen molar-refractivity contribution < 1.29 is 9.47 Å². The van der Waals surface area contributed by atoms with Crippen molar-refractivity contribution in [1.29, 1.82) is 0 Å². The average Bonchev–Trinajstić information content (AvgIpc) is 3.12. The zero-order valence-electron chi connectivity index (χ0n) is 15.3. The van der Waals surface area contributed by atoms with Gasteiger partial charge in [-0.05, 0) is 25.3 Å². The third-order valence-corrected chi connectivity index (χ3v) is 4.53. The maximum absolute atomic E-state index is 5.89. The zero-order valence-corrected chi connectivity index (χ0v) is 15.3. The first-order valence-corrected chi connectivity index (χ1v) is 9.08. The summed E-state index contributed by atoms with van der Waals surface area (Å²) in [4.78, 5) is 12.9. The lowest BCUT2D eigenvalue weighted by Gasteiger charge is -2.23. The van der Waals surface area contributed by atoms with Crippen LogP contribution in [0, 0.1) is 0 Å². The van der Waals surface area contributed by atoms with E-state index in [-0.39, 0.29) is 12.2 Å². The highest BCUT2D eigenvalue weighted by atomic mass is 16.5. The molecule has 1 unspecified atom stereocenters. The molecule has 1 saturated heterocycles. The Morgan fingerprint density at radius 1 is 1.30 bits per heavy atom. The number of nitrogens with zero attached hydrogens (tertiary/aromatic N) is 5. The number of hydrogen-bond donors (Lipinski definition) is 2. The minimum Gasteiger partial charge on any atom is -0.383 e. The van der Waals surface area contributed by atoms with Gasteiger partial charge in [0.1, 0.15) is 0 Å². The molecule has 0 spiro atoms. The summed E-state index contributed by atoms with van der Waals surface area (Å²) in [7, 11) is 1.64. The van der Waals surface area contributed by atoms with Crippen LogP contribution in [0.2, 0.25) is 0 Å². The average molecular weight is 369 g/mol. The van der Waals surface area contributed by atoms with Crippen LogP contribution in [-0.2, 0) is 9.47 Å². The van der Waals surface area contributed by atoms with Crippen LogP contribution >= 0.6 is 0 Å². The van der Waals surface area contributed by atoms with E-state index in [1.165, 1.54) is 0 Å². The molecule has 1 aliphatic heterocycles. The number of nitrogen functional groups attached to an aromatic ring is 1. The molecule has 0 aliphatic carbocycles. The highest BCUT2D eigenvalue weighted by molar-refractivity contribution is 5.83. The van der Waals surface area contributed by atoms with Gasteiger partial charge in [-0.2, -0.15) is 20.1 Å². The Morgan fingerprint density at radius 3 is 3.04 bits per heavy atom. The minimum atomic E-state index is -0.0267. The second-order valence-electron chi connectivity index (χ2n) is 6.44. The number of ether oxygens (including phenoxy) is 2. The number of hydrogen-bond acceptors (Lipinski definition) is 8. The second kappa shape index (κ2) is 7.85. The van der Waals surface area contributed by atoms with Crippen molar-refractivity contribution in [3.8, 4) is 11.4 Å². The van der Waals surface area contributed by atoms with Gasteiger partial charge in [0.25, 0.3) is 0 Å². The van der Waals surface area contributed by atoms with Crippen LogP contribution in [0.5, 0.6) is 0 Å². The summed E-state index contributed by atoms with van der Waals surface area (Å²) in [6, 6.07) is 5.99. The molecule has 27 heavy (non-hydrogen) atoms. The molecule has 142 valence electrons. The van der Waals surface area contributed by atoms with Gasteiger partial charge in [0.2, 0.25) is 11.9 Å². The van der Waals surface area contributed by atoms with Crippen LogP contribution in [-0.4, -0.2) is 51.6 Å². The van der Waals surface area contributed by atoms with Gasteiger partial charge in [-0.1, -0.05) is 12.1 Å². The van der Waals surface area contributed by atoms with Crippen LogP contribution in [0.25, 0.3) is 22.3 Å². The molecule has 9 heteroatoms. The van der Waals surface area contributed by atoms with E-state index in [4.69, 9.17) is 15.2 Å². The molecule has 1 aliphatic rings. The van der Waals surface area contributed by atoms with Crippen molar-refractivity contribution in [3.63, 3.8) is 0 Å². The Kier molecular flexibility index (Phi) is 5.12. The molecule has 4 rings (SSSR count). The normalized spacial score (nSPS) is 17.3. The largest absolute Gasteiger partial charge is 0.383 e. The van der Waals surface area contributed by atoms with Crippen LogP contribution in [0.3, 0.4) is 0 Å². The first-order valence-electron chi connectivity index (χ1n) is 9.08. The summed E-state index contributed by atoms with van der Waals surface area (Å²) in [5.74, 6) is 1.12. The van der Waals surface area contributed by atoms with E-state index in [1.807, 2.05) is 29.1 Å². The zero-order chi connectivity index (χ0) is 18.6. The van der Waals surface area contributed by atoms with Crippen molar-refractivity contribution in [2.24, 2.45) is 0 Å². The maximum Gasteiger partial charge on any atom is 0.228 e. The Bertz CT molecular complexity index is 921. The fourth-order valence-corrected chi connectivity index (χ4v) is 3.19. The highest BCUT2D eigenvalue weighted by Gasteiger charge is 2.19. The lowest BCUT2D eigenvalue weighted by atomic mass is 10.1. The number of rotatable bonds is 6. The molecular formula is C18H23N7O2. The van der Waals surface area contributed by atoms with Gasteiger partial charge in [-0.15, -0.1) is 0 Å². The molecule has 3 heterocycles. The first kappa shape index (κ1) is 17.6. The Hall–Kier alpha value is -2.78. The van der Waals surface area contributed by atoms with Gasteiger partial charge in [0.05, 0.1) is 18.3 Å². The van der Waals surface area contributed by atoms with Crippen LogP contribution in [0.4, 0.5) is 11.9 Å². The molecule has 3 N–H and O–H groups in total. The van der Waals surface area contributed by atoms with Crippen molar-refractivity contribution >= 4 is 22.8 Å². The number of aromatic nitrogens is 5. The first-order chi connectivity index (χ1) is 13.2. The van der Waals surface area contributed by atoms with Gasteiger partial charge in [-0.3, -0.25) is 0 Å². The van der Waals surface area contributed by atoms with E-state index in [1.54, 1.807) is 7.11 Å². The summed E-state index contributed by atoms with van der Waals surface area (Å²) < 4.78 is 12.9. The van der Waals surface area contributed by atoms with E-state index >= 15 is 0 Å². The number of anilines is 2. The Morgan fingerprint density at radius 2 is 2.22 bits per heavy atom. The number of nitrogens with two attached hydrogens (primary N) is 1. The fourth-order valence-electron chi connectivity index (χ4n) is 3.19. The molecule has 0 saturated carbocycles. The maximum atomic E-state index is 5.89. The molecule has 1 aromatic carbocycles. The molecular weight excluding hydrogens is 346 g/mol. The van der Waals surface area contributed by atoms with Gasteiger partial charge in [-0.25, -0.2) is 4.68 Å². The van der Waals surface area contributed by atoms with Crippen molar-refractivity contribution in [1.82, 2.24) is 24.7 Å². The number of methoxy groups -OCH3 is 1. The monoisotopic (exact) mass is 369 g/mol. The molecule has 1 fully saturated rings. The molecule has 0 amide bonds. The SMILES string of the molecule is COCCNc1nc(N)nc(-c2ccc3cnn(C4CCCCO4)c3c2)n1. The van der Waals surface area contributed by atoms with E-state index in [2.05, 4.69) is 25.4 Å². The topological polar surface area (TPSA) is 113 Å². The van der Waals surface area contributed by atoms with E-state index in [9.17, 15) is 0 Å². The summed E-state index contributed by atoms with van der Waals surface area (Å²) >= 11 is 0. The lowest BCUT2D eigenvalue weighted by molar-refractivity contribution is -0.0366. The Labute approximate surface area is 156 Å². The summed E-state index contributed by atoms with van der Waals surface area (Å²) in [6.07, 6.45) is 5.04. The predicted molar refractivity (Wildman–Crippen MR) is 102 cm³/mol. The van der Waals surface area contributed by atoms with Gasteiger partial charge >= 0.3 is 0 Å². The lowest BCUT2D eigenvalue weighted by Crippen LogP contribution is -2.18. The minimum absolute atomic E-state index is 0.0267. The quantitative estimate of drug-likeness (QED) is 0.636. The number of nitrogens with one attached hydrogen (secondary N) is 1. The van der Waals surface area contributed by atoms with Crippen molar-refractivity contribution in [2.75, 3.05) is 37.9 Å². The third kappa shape index (κ3) is 3.83. The molecule has 0 radical (unpaired) electrons. The van der Waals surface area contributed by atoms with Gasteiger partial charge < -0.3 is 20.5 Å². The number of fused-ring (bicyclic) bond motifs is 1. The molecule has 1 atom stereocenters. The van der Waals surface area contributed by atoms with E-state index < -0.39 is 0 Å². The number of benzene rings is 1. The Balaban J connectivity index is 1.67. The van der Waals surface area contributed by atoms with E-state index in [0.29, 0.717) is 24.9 Å². The summed E-state index contributed by atoms with van der Waals surface area (Å²) in [6.45, 7) is 1.91. The molecule has 9 nitrogen and oxygen atoms in total. The van der Waals surface area contributed by atoms with Crippen LogP contribution < -0.4 is 11.1 Å². The van der Waals surface area contributed by atoms with Crippen LogP contribution in [0.1, 0.15) is 25.5 Å².